The fraction of sp³-hybridized carbons (Fsp3) is 0.391. The predicted molar refractivity (Wildman–Crippen MR) is 113 cm³/mol. The van der Waals surface area contributed by atoms with Crippen LogP contribution in [0.5, 0.6) is 0 Å². The third kappa shape index (κ3) is 3.81. The quantitative estimate of drug-likeness (QED) is 0.762. The van der Waals surface area contributed by atoms with Gasteiger partial charge in [0.1, 0.15) is 5.54 Å². The number of benzene rings is 2. The molecule has 28 heavy (non-hydrogen) atoms. The summed E-state index contributed by atoms with van der Waals surface area (Å²) in [7, 11) is 0. The van der Waals surface area contributed by atoms with Crippen LogP contribution in [0.15, 0.2) is 60.7 Å². The first kappa shape index (κ1) is 19.1. The van der Waals surface area contributed by atoms with Gasteiger partial charge in [-0.05, 0) is 41.9 Å². The second-order valence-electron chi connectivity index (χ2n) is 7.57. The van der Waals surface area contributed by atoms with Crippen LogP contribution >= 0.6 is 11.8 Å². The molecule has 2 aromatic carbocycles. The van der Waals surface area contributed by atoms with Gasteiger partial charge in [0.05, 0.1) is 6.04 Å². The second kappa shape index (κ2) is 8.39. The maximum atomic E-state index is 13.6. The fourth-order valence-corrected chi connectivity index (χ4v) is 5.34. The highest BCUT2D eigenvalue weighted by Gasteiger charge is 2.50. The summed E-state index contributed by atoms with van der Waals surface area (Å²) in [6.45, 7) is 0.700. The Morgan fingerprint density at radius 2 is 1.68 bits per heavy atom. The van der Waals surface area contributed by atoms with Gasteiger partial charge in [0, 0.05) is 13.0 Å². The Labute approximate surface area is 170 Å². The van der Waals surface area contributed by atoms with E-state index in [9.17, 15) is 9.59 Å². The van der Waals surface area contributed by atoms with Crippen LogP contribution < -0.4 is 5.32 Å². The van der Waals surface area contributed by atoms with Crippen LogP contribution in [0.2, 0.25) is 0 Å². The van der Waals surface area contributed by atoms with Crippen molar-refractivity contribution in [1.29, 1.82) is 0 Å². The average Bonchev–Trinajstić information content (AvgIpc) is 2.74. The topological polar surface area (TPSA) is 49.4 Å². The molecule has 0 spiro atoms. The molecule has 4 rings (SSSR count). The molecule has 5 heteroatoms. The minimum absolute atomic E-state index is 0.00522. The second-order valence-corrected chi connectivity index (χ2v) is 8.79. The zero-order valence-corrected chi connectivity index (χ0v) is 16.8. The number of carbonyl (C=O) groups excluding carboxylic acids is 2. The lowest BCUT2D eigenvalue weighted by Crippen LogP contribution is -2.66. The van der Waals surface area contributed by atoms with Gasteiger partial charge in [-0.15, -0.1) is 0 Å². The van der Waals surface area contributed by atoms with Crippen LogP contribution in [-0.4, -0.2) is 40.3 Å². The summed E-state index contributed by atoms with van der Waals surface area (Å²) in [5.74, 6) is 1.96. The molecule has 146 valence electrons. The Morgan fingerprint density at radius 1 is 1.04 bits per heavy atom. The molecule has 4 nitrogen and oxygen atoms in total. The molecule has 1 atom stereocenters. The summed E-state index contributed by atoms with van der Waals surface area (Å²) in [4.78, 5) is 27.6. The standard InChI is InChI=1S/C23H26N2O2S/c26-21-11-14-25(21)23(12-15-28-16-13-23)22(27)24-20(19-9-5-2-6-10-19)17-18-7-3-1-4-8-18/h1-10,20H,11-17H2,(H,24,27). The first-order chi connectivity index (χ1) is 13.7. The number of rotatable bonds is 6. The van der Waals surface area contributed by atoms with Crippen LogP contribution in [0.3, 0.4) is 0 Å². The van der Waals surface area contributed by atoms with Gasteiger partial charge >= 0.3 is 0 Å². The molecule has 2 fully saturated rings. The smallest absolute Gasteiger partial charge is 0.246 e. The number of amides is 2. The number of likely N-dealkylation sites (tertiary alicyclic amines) is 1. The Morgan fingerprint density at radius 3 is 2.25 bits per heavy atom. The number of hydrogen-bond donors (Lipinski definition) is 1. The normalized spacial score (nSPS) is 19.6. The van der Waals surface area contributed by atoms with E-state index in [-0.39, 0.29) is 17.9 Å². The summed E-state index contributed by atoms with van der Waals surface area (Å²) >= 11 is 1.87. The molecule has 2 saturated heterocycles. The highest BCUT2D eigenvalue weighted by Crippen LogP contribution is 2.37. The summed E-state index contributed by atoms with van der Waals surface area (Å²) in [6, 6.07) is 20.2. The molecule has 2 amide bonds. The predicted octanol–water partition coefficient (Wildman–Crippen LogP) is 3.58. The molecule has 0 bridgehead atoms. The number of hydrogen-bond acceptors (Lipinski definition) is 3. The number of nitrogens with one attached hydrogen (secondary N) is 1. The van der Waals surface area contributed by atoms with E-state index >= 15 is 0 Å². The molecule has 1 N–H and O–H groups in total. The maximum Gasteiger partial charge on any atom is 0.246 e. The van der Waals surface area contributed by atoms with Crippen molar-refractivity contribution >= 4 is 23.6 Å². The Kier molecular flexibility index (Phi) is 5.72. The minimum Gasteiger partial charge on any atom is -0.347 e. The van der Waals surface area contributed by atoms with Crippen molar-refractivity contribution < 1.29 is 9.59 Å². The first-order valence-corrected chi connectivity index (χ1v) is 11.1. The Balaban J connectivity index is 1.59. The zero-order chi connectivity index (χ0) is 19.4. The van der Waals surface area contributed by atoms with E-state index in [1.165, 1.54) is 5.56 Å². The molecule has 1 unspecified atom stereocenters. The summed E-state index contributed by atoms with van der Waals surface area (Å²) in [5, 5.41) is 3.32. The van der Waals surface area contributed by atoms with Gasteiger partial charge in [-0.25, -0.2) is 0 Å². The van der Waals surface area contributed by atoms with Gasteiger partial charge in [0.15, 0.2) is 0 Å². The molecule has 2 aromatic rings. The third-order valence-corrected chi connectivity index (χ3v) is 6.89. The SMILES string of the molecule is O=C1CCN1C1(C(=O)NC(Cc2ccccc2)c2ccccc2)CCSCC1. The highest BCUT2D eigenvalue weighted by atomic mass is 32.2. The van der Waals surface area contributed by atoms with Gasteiger partial charge in [0.25, 0.3) is 0 Å². The molecule has 0 aliphatic carbocycles. The van der Waals surface area contributed by atoms with E-state index in [2.05, 4.69) is 29.6 Å². The van der Waals surface area contributed by atoms with Crippen LogP contribution in [0.1, 0.15) is 36.4 Å². The molecular weight excluding hydrogens is 368 g/mol. The van der Waals surface area contributed by atoms with E-state index in [1.54, 1.807) is 0 Å². The largest absolute Gasteiger partial charge is 0.347 e. The van der Waals surface area contributed by atoms with Crippen LogP contribution in [-0.2, 0) is 16.0 Å². The minimum atomic E-state index is -0.676. The van der Waals surface area contributed by atoms with E-state index < -0.39 is 5.54 Å². The number of nitrogens with zero attached hydrogens (tertiary/aromatic N) is 1. The number of carbonyl (C=O) groups is 2. The van der Waals surface area contributed by atoms with E-state index in [0.29, 0.717) is 13.0 Å². The van der Waals surface area contributed by atoms with Crippen molar-refractivity contribution in [2.45, 2.75) is 37.3 Å². The van der Waals surface area contributed by atoms with Gasteiger partial charge in [-0.1, -0.05) is 60.7 Å². The molecular formula is C23H26N2O2S. The van der Waals surface area contributed by atoms with Crippen molar-refractivity contribution in [2.24, 2.45) is 0 Å². The van der Waals surface area contributed by atoms with Crippen molar-refractivity contribution in [1.82, 2.24) is 10.2 Å². The molecule has 2 aliphatic heterocycles. The molecule has 2 heterocycles. The third-order valence-electron chi connectivity index (χ3n) is 5.90. The van der Waals surface area contributed by atoms with E-state index in [0.717, 1.165) is 36.3 Å². The highest BCUT2D eigenvalue weighted by molar-refractivity contribution is 7.99. The molecule has 0 radical (unpaired) electrons. The lowest BCUT2D eigenvalue weighted by atomic mass is 9.85. The monoisotopic (exact) mass is 394 g/mol. The van der Waals surface area contributed by atoms with Crippen molar-refractivity contribution in [3.63, 3.8) is 0 Å². The fourth-order valence-electron chi connectivity index (χ4n) is 4.18. The van der Waals surface area contributed by atoms with Gasteiger partial charge in [0.2, 0.25) is 11.8 Å². The lowest BCUT2D eigenvalue weighted by Gasteiger charge is -2.49. The first-order valence-electron chi connectivity index (χ1n) is 9.97. The Bertz CT molecular complexity index is 819. The zero-order valence-electron chi connectivity index (χ0n) is 16.0. The lowest BCUT2D eigenvalue weighted by molar-refractivity contribution is -0.158. The van der Waals surface area contributed by atoms with Crippen molar-refractivity contribution in [3.8, 4) is 0 Å². The van der Waals surface area contributed by atoms with Crippen LogP contribution in [0, 0.1) is 0 Å². The van der Waals surface area contributed by atoms with Crippen molar-refractivity contribution in [3.05, 3.63) is 71.8 Å². The van der Waals surface area contributed by atoms with Gasteiger partial charge < -0.3 is 10.2 Å². The van der Waals surface area contributed by atoms with E-state index in [1.807, 2.05) is 53.1 Å². The molecule has 0 saturated carbocycles. The van der Waals surface area contributed by atoms with Crippen molar-refractivity contribution in [2.75, 3.05) is 18.1 Å². The maximum absolute atomic E-state index is 13.6. The summed E-state index contributed by atoms with van der Waals surface area (Å²) in [5.41, 5.74) is 1.60. The van der Waals surface area contributed by atoms with Crippen LogP contribution in [0.4, 0.5) is 0 Å². The van der Waals surface area contributed by atoms with Gasteiger partial charge in [-0.2, -0.15) is 11.8 Å². The summed E-state index contributed by atoms with van der Waals surface area (Å²) < 4.78 is 0. The van der Waals surface area contributed by atoms with Gasteiger partial charge in [-0.3, -0.25) is 9.59 Å². The summed E-state index contributed by atoms with van der Waals surface area (Å²) in [6.07, 6.45) is 2.77. The van der Waals surface area contributed by atoms with E-state index in [4.69, 9.17) is 0 Å². The molecule has 2 aliphatic rings. The average molecular weight is 395 g/mol. The number of thioether (sulfide) groups is 1. The molecule has 0 aromatic heterocycles. The van der Waals surface area contributed by atoms with Crippen LogP contribution in [0.25, 0.3) is 0 Å². The number of β-lactam (4-membered cyclic amide) rings is 1. The Hall–Kier alpha value is -2.27.